The maximum Gasteiger partial charge on any atom is 0.416 e. The third-order valence-corrected chi connectivity index (χ3v) is 6.31. The van der Waals surface area contributed by atoms with Gasteiger partial charge in [-0.15, -0.1) is 0 Å². The van der Waals surface area contributed by atoms with Crippen LogP contribution in [-0.2, 0) is 22.9 Å². The molecule has 0 radical (unpaired) electrons. The number of nitrogens with one attached hydrogen (secondary N) is 2. The first-order chi connectivity index (χ1) is 16.5. The number of aromatic amines is 1. The Labute approximate surface area is 203 Å². The molecule has 182 valence electrons. The monoisotopic (exact) mass is 478 g/mol. The molecule has 3 aromatic carbocycles. The molecule has 3 nitrogen and oxygen atoms in total. The van der Waals surface area contributed by atoms with E-state index >= 15 is 0 Å². The number of alkyl halides is 3. The van der Waals surface area contributed by atoms with Gasteiger partial charge in [0.15, 0.2) is 0 Å². The molecule has 0 aliphatic rings. The largest absolute Gasteiger partial charge is 0.416 e. The first-order valence-electron chi connectivity index (χ1n) is 11.6. The fourth-order valence-electron chi connectivity index (χ4n) is 4.32. The van der Waals surface area contributed by atoms with Crippen molar-refractivity contribution in [1.82, 2.24) is 10.3 Å². The predicted molar refractivity (Wildman–Crippen MR) is 133 cm³/mol. The van der Waals surface area contributed by atoms with Gasteiger partial charge in [0.05, 0.1) is 5.56 Å². The van der Waals surface area contributed by atoms with Gasteiger partial charge in [-0.05, 0) is 45.9 Å². The van der Waals surface area contributed by atoms with Crippen LogP contribution in [-0.4, -0.2) is 10.9 Å². The normalized spacial score (nSPS) is 13.1. The topological polar surface area (TPSA) is 44.9 Å². The van der Waals surface area contributed by atoms with Gasteiger partial charge in [0.25, 0.3) is 0 Å². The minimum absolute atomic E-state index is 0.0110. The van der Waals surface area contributed by atoms with Crippen LogP contribution in [0.4, 0.5) is 13.2 Å². The minimum atomic E-state index is -4.42. The zero-order valence-electron chi connectivity index (χ0n) is 20.0. The van der Waals surface area contributed by atoms with Crippen LogP contribution in [0.25, 0.3) is 10.9 Å². The second kappa shape index (κ2) is 9.61. The molecule has 4 aromatic rings. The highest BCUT2D eigenvalue weighted by Crippen LogP contribution is 2.35. The number of rotatable bonds is 6. The van der Waals surface area contributed by atoms with Gasteiger partial charge in [0.1, 0.15) is 0 Å². The van der Waals surface area contributed by atoms with Crippen molar-refractivity contribution < 1.29 is 18.0 Å². The number of hydrogen-bond donors (Lipinski definition) is 2. The molecule has 1 amide bonds. The highest BCUT2D eigenvalue weighted by Gasteiger charge is 2.30. The lowest BCUT2D eigenvalue weighted by atomic mass is 9.83. The van der Waals surface area contributed by atoms with Crippen molar-refractivity contribution in [3.8, 4) is 0 Å². The van der Waals surface area contributed by atoms with Crippen molar-refractivity contribution in [2.75, 3.05) is 0 Å². The molecule has 35 heavy (non-hydrogen) atoms. The van der Waals surface area contributed by atoms with Crippen LogP contribution in [0.15, 0.2) is 79.0 Å². The average Bonchev–Trinajstić information content (AvgIpc) is 3.24. The number of amides is 1. The summed E-state index contributed by atoms with van der Waals surface area (Å²) in [6, 6.07) is 21.3. The lowest BCUT2D eigenvalue weighted by Crippen LogP contribution is -2.25. The number of H-pyrrole nitrogens is 1. The third kappa shape index (κ3) is 5.76. The van der Waals surface area contributed by atoms with E-state index in [0.29, 0.717) is 5.56 Å². The summed E-state index contributed by atoms with van der Waals surface area (Å²) >= 11 is 0. The van der Waals surface area contributed by atoms with Gasteiger partial charge in [-0.25, -0.2) is 0 Å². The van der Waals surface area contributed by atoms with Crippen LogP contribution in [0, 0.1) is 0 Å². The van der Waals surface area contributed by atoms with Crippen LogP contribution in [0.2, 0.25) is 0 Å². The van der Waals surface area contributed by atoms with E-state index < -0.39 is 11.7 Å². The summed E-state index contributed by atoms with van der Waals surface area (Å²) in [4.78, 5) is 16.3. The van der Waals surface area contributed by atoms with Gasteiger partial charge in [0, 0.05) is 36.0 Å². The summed E-state index contributed by atoms with van der Waals surface area (Å²) in [5.41, 5.74) is 3.91. The molecular formula is C29H29F3N2O. The van der Waals surface area contributed by atoms with Crippen LogP contribution < -0.4 is 5.32 Å². The van der Waals surface area contributed by atoms with Crippen LogP contribution in [0.3, 0.4) is 0 Å². The Morgan fingerprint density at radius 3 is 2.31 bits per heavy atom. The molecule has 0 spiro atoms. The van der Waals surface area contributed by atoms with Gasteiger partial charge in [-0.2, -0.15) is 13.2 Å². The van der Waals surface area contributed by atoms with Gasteiger partial charge >= 0.3 is 6.18 Å². The highest BCUT2D eigenvalue weighted by atomic mass is 19.4. The smallest absolute Gasteiger partial charge is 0.361 e. The van der Waals surface area contributed by atoms with Gasteiger partial charge in [-0.3, -0.25) is 4.79 Å². The number of benzene rings is 3. The lowest BCUT2D eigenvalue weighted by molar-refractivity contribution is -0.137. The zero-order valence-corrected chi connectivity index (χ0v) is 20.0. The summed E-state index contributed by atoms with van der Waals surface area (Å²) < 4.78 is 39.1. The van der Waals surface area contributed by atoms with Crippen LogP contribution >= 0.6 is 0 Å². The van der Waals surface area contributed by atoms with Crippen LogP contribution in [0.5, 0.6) is 0 Å². The van der Waals surface area contributed by atoms with Gasteiger partial charge in [0.2, 0.25) is 5.91 Å². The first-order valence-corrected chi connectivity index (χ1v) is 11.6. The minimum Gasteiger partial charge on any atom is -0.361 e. The van der Waals surface area contributed by atoms with E-state index in [1.807, 2.05) is 30.5 Å². The van der Waals surface area contributed by atoms with E-state index in [9.17, 15) is 18.0 Å². The second-order valence-corrected chi connectivity index (χ2v) is 9.89. The van der Waals surface area contributed by atoms with Gasteiger partial charge in [-0.1, -0.05) is 75.4 Å². The molecule has 0 bridgehead atoms. The second-order valence-electron chi connectivity index (χ2n) is 9.89. The maximum atomic E-state index is 13.0. The number of para-hydroxylation sites is 1. The molecule has 1 aromatic heterocycles. The quantitative estimate of drug-likeness (QED) is 0.300. The Kier molecular flexibility index (Phi) is 6.75. The third-order valence-electron chi connectivity index (χ3n) is 6.31. The Bertz CT molecular complexity index is 1310. The molecule has 1 atom stereocenters. The van der Waals surface area contributed by atoms with Crippen molar-refractivity contribution in [2.45, 2.75) is 51.2 Å². The van der Waals surface area contributed by atoms with Crippen molar-refractivity contribution in [2.24, 2.45) is 0 Å². The number of aromatic nitrogens is 1. The average molecular weight is 479 g/mol. The standard InChI is InChI=1S/C29H29F3N2O/c1-28(2,3)21-13-11-20(12-14-21)24(25-18-33-26-10-5-4-9-23(25)26)16-27(35)34-17-19-7-6-8-22(15-19)29(30,31)32/h4-15,18,24,33H,16-17H2,1-3H3,(H,34,35). The van der Waals surface area contributed by atoms with Crippen LogP contribution in [0.1, 0.15) is 60.9 Å². The van der Waals surface area contributed by atoms with Crippen molar-refractivity contribution in [1.29, 1.82) is 0 Å². The molecular weight excluding hydrogens is 449 g/mol. The highest BCUT2D eigenvalue weighted by molar-refractivity contribution is 5.86. The number of halogens is 3. The number of carbonyl (C=O) groups is 1. The van der Waals surface area contributed by atoms with Crippen molar-refractivity contribution >= 4 is 16.8 Å². The molecule has 2 N–H and O–H groups in total. The van der Waals surface area contributed by atoms with Crippen molar-refractivity contribution in [3.63, 3.8) is 0 Å². The molecule has 1 unspecified atom stereocenters. The fourth-order valence-corrected chi connectivity index (χ4v) is 4.32. The molecule has 0 aliphatic carbocycles. The SMILES string of the molecule is CC(C)(C)c1ccc(C(CC(=O)NCc2cccc(C(F)(F)F)c2)c2c[nH]c3ccccc23)cc1. The lowest BCUT2D eigenvalue weighted by Gasteiger charge is -2.22. The number of hydrogen-bond acceptors (Lipinski definition) is 1. The summed E-state index contributed by atoms with van der Waals surface area (Å²) in [5.74, 6) is -0.431. The predicted octanol–water partition coefficient (Wildman–Crippen LogP) is 7.32. The summed E-state index contributed by atoms with van der Waals surface area (Å²) in [7, 11) is 0. The Morgan fingerprint density at radius 1 is 0.914 bits per heavy atom. The first kappa shape index (κ1) is 24.6. The Morgan fingerprint density at radius 2 is 1.63 bits per heavy atom. The fraction of sp³-hybridized carbons (Fsp3) is 0.276. The molecule has 4 rings (SSSR count). The molecule has 0 saturated heterocycles. The molecule has 0 saturated carbocycles. The Balaban J connectivity index is 1.58. The zero-order chi connectivity index (χ0) is 25.2. The van der Waals surface area contributed by atoms with Gasteiger partial charge < -0.3 is 10.3 Å². The summed E-state index contributed by atoms with van der Waals surface area (Å²) in [5, 5.41) is 3.85. The summed E-state index contributed by atoms with van der Waals surface area (Å²) in [6.45, 7) is 6.49. The van der Waals surface area contributed by atoms with E-state index in [-0.39, 0.29) is 30.2 Å². The van der Waals surface area contributed by atoms with E-state index in [1.165, 1.54) is 11.6 Å². The van der Waals surface area contributed by atoms with Crippen molar-refractivity contribution in [3.05, 3.63) is 107 Å². The van der Waals surface area contributed by atoms with E-state index in [4.69, 9.17) is 0 Å². The van der Waals surface area contributed by atoms with E-state index in [2.05, 4.69) is 55.3 Å². The maximum absolute atomic E-state index is 13.0. The molecule has 6 heteroatoms. The molecule has 1 heterocycles. The Hall–Kier alpha value is -3.54. The van der Waals surface area contributed by atoms with E-state index in [0.717, 1.165) is 34.2 Å². The van der Waals surface area contributed by atoms with E-state index in [1.54, 1.807) is 6.07 Å². The molecule has 0 fully saturated rings. The number of fused-ring (bicyclic) bond motifs is 1. The summed E-state index contributed by atoms with van der Waals surface area (Å²) in [6.07, 6.45) is -2.30. The molecule has 0 aliphatic heterocycles. The number of carbonyl (C=O) groups excluding carboxylic acids is 1.